The second-order valence-corrected chi connectivity index (χ2v) is 7.01. The summed E-state index contributed by atoms with van der Waals surface area (Å²) in [5.74, 6) is -1.72. The van der Waals surface area contributed by atoms with E-state index in [1.807, 2.05) is 30.5 Å². The van der Waals surface area contributed by atoms with Gasteiger partial charge in [0, 0.05) is 30.1 Å². The number of aliphatic carboxylic acids is 1. The molecule has 0 saturated carbocycles. The quantitative estimate of drug-likeness (QED) is 0.840. The van der Waals surface area contributed by atoms with Crippen molar-refractivity contribution >= 4 is 35.2 Å². The Morgan fingerprint density at radius 2 is 2.12 bits per heavy atom. The molecule has 6 nitrogen and oxygen atoms in total. The smallest absolute Gasteiger partial charge is 0.326 e. The Balaban J connectivity index is 1.74. The molecule has 2 aliphatic rings. The van der Waals surface area contributed by atoms with E-state index in [0.717, 1.165) is 10.6 Å². The summed E-state index contributed by atoms with van der Waals surface area (Å²) in [6.07, 6.45) is 3.30. The highest BCUT2D eigenvalue weighted by Gasteiger charge is 2.42. The van der Waals surface area contributed by atoms with Gasteiger partial charge in [0.15, 0.2) is 0 Å². The zero-order valence-electron chi connectivity index (χ0n) is 13.5. The third kappa shape index (κ3) is 3.13. The van der Waals surface area contributed by atoms with E-state index in [4.69, 9.17) is 0 Å². The van der Waals surface area contributed by atoms with Gasteiger partial charge >= 0.3 is 5.97 Å². The van der Waals surface area contributed by atoms with Crippen molar-refractivity contribution in [3.63, 3.8) is 0 Å². The first-order chi connectivity index (χ1) is 11.5. The molecule has 1 aromatic rings. The summed E-state index contributed by atoms with van der Waals surface area (Å²) in [5.41, 5.74) is 0.790. The van der Waals surface area contributed by atoms with Crippen LogP contribution in [-0.4, -0.2) is 53.2 Å². The first-order valence-electron chi connectivity index (χ1n) is 7.99. The zero-order valence-corrected chi connectivity index (χ0v) is 14.3. The van der Waals surface area contributed by atoms with Crippen LogP contribution >= 0.6 is 11.8 Å². The molecule has 7 heteroatoms. The largest absolute Gasteiger partial charge is 0.480 e. The molecule has 2 heterocycles. The first-order valence-corrected chi connectivity index (χ1v) is 9.21. The normalized spacial score (nSPS) is 23.8. The second-order valence-electron chi connectivity index (χ2n) is 6.13. The lowest BCUT2D eigenvalue weighted by molar-refractivity contribution is -0.149. The number of rotatable bonds is 4. The van der Waals surface area contributed by atoms with Crippen molar-refractivity contribution in [3.05, 3.63) is 24.3 Å². The van der Waals surface area contributed by atoms with Crippen LogP contribution in [0.4, 0.5) is 5.69 Å². The summed E-state index contributed by atoms with van der Waals surface area (Å²) >= 11 is 1.60. The van der Waals surface area contributed by atoms with E-state index in [-0.39, 0.29) is 18.2 Å². The summed E-state index contributed by atoms with van der Waals surface area (Å²) < 4.78 is 0. The number of carbonyl (C=O) groups is 3. The molecule has 0 radical (unpaired) electrons. The van der Waals surface area contributed by atoms with Gasteiger partial charge in [0.2, 0.25) is 11.8 Å². The lowest BCUT2D eigenvalue weighted by atomic mass is 10.1. The fourth-order valence-corrected chi connectivity index (χ4v) is 3.88. The lowest BCUT2D eigenvalue weighted by Crippen LogP contribution is -2.44. The molecule has 128 valence electrons. The maximum Gasteiger partial charge on any atom is 0.326 e. The number of anilines is 1. The molecule has 0 spiro atoms. The highest BCUT2D eigenvalue weighted by Crippen LogP contribution is 2.30. The molecule has 0 aromatic heterocycles. The standard InChI is InChI=1S/C17H20N2O4S/c1-24-13-5-2-4-12(9-13)19-10-11(8-15(19)20)16(21)18-7-3-6-14(18)17(22)23/h2,4-5,9,11,14H,3,6-8,10H2,1H3,(H,22,23). The maximum atomic E-state index is 12.7. The zero-order chi connectivity index (χ0) is 17.3. The van der Waals surface area contributed by atoms with E-state index in [1.54, 1.807) is 16.7 Å². The number of thioether (sulfide) groups is 1. The number of carbonyl (C=O) groups excluding carboxylic acids is 2. The van der Waals surface area contributed by atoms with Crippen LogP contribution in [0.5, 0.6) is 0 Å². The van der Waals surface area contributed by atoms with Crippen molar-refractivity contribution in [1.29, 1.82) is 0 Å². The van der Waals surface area contributed by atoms with Gasteiger partial charge in [-0.05, 0) is 37.3 Å². The SMILES string of the molecule is CSc1cccc(N2CC(C(=O)N3CCCC3C(=O)O)CC2=O)c1. The summed E-state index contributed by atoms with van der Waals surface area (Å²) in [5, 5.41) is 9.24. The van der Waals surface area contributed by atoms with Gasteiger partial charge < -0.3 is 14.9 Å². The molecule has 0 aliphatic carbocycles. The molecule has 1 aromatic carbocycles. The van der Waals surface area contributed by atoms with E-state index < -0.39 is 17.9 Å². The van der Waals surface area contributed by atoms with Crippen LogP contribution in [0.1, 0.15) is 19.3 Å². The van der Waals surface area contributed by atoms with E-state index >= 15 is 0 Å². The monoisotopic (exact) mass is 348 g/mol. The molecule has 2 amide bonds. The van der Waals surface area contributed by atoms with Gasteiger partial charge in [-0.15, -0.1) is 11.8 Å². The molecule has 1 N–H and O–H groups in total. The van der Waals surface area contributed by atoms with Gasteiger partial charge in [-0.1, -0.05) is 6.07 Å². The maximum absolute atomic E-state index is 12.7. The molecular weight excluding hydrogens is 328 g/mol. The molecule has 0 bridgehead atoms. The Morgan fingerprint density at radius 1 is 1.33 bits per heavy atom. The summed E-state index contributed by atoms with van der Waals surface area (Å²) in [7, 11) is 0. The highest BCUT2D eigenvalue weighted by molar-refractivity contribution is 7.98. The average Bonchev–Trinajstić information content (AvgIpc) is 3.21. The Morgan fingerprint density at radius 3 is 2.83 bits per heavy atom. The van der Waals surface area contributed by atoms with Crippen LogP contribution in [0.15, 0.2) is 29.2 Å². The Kier molecular flexibility index (Phi) is 4.80. The van der Waals surface area contributed by atoms with Crippen LogP contribution in [0.2, 0.25) is 0 Å². The van der Waals surface area contributed by atoms with E-state index in [1.165, 1.54) is 4.90 Å². The lowest BCUT2D eigenvalue weighted by Gasteiger charge is -2.24. The van der Waals surface area contributed by atoms with Crippen LogP contribution in [0, 0.1) is 5.92 Å². The number of nitrogens with zero attached hydrogens (tertiary/aromatic N) is 2. The minimum absolute atomic E-state index is 0.0855. The van der Waals surface area contributed by atoms with Gasteiger partial charge in [0.05, 0.1) is 5.92 Å². The molecule has 2 unspecified atom stereocenters. The van der Waals surface area contributed by atoms with Crippen LogP contribution in [0.3, 0.4) is 0 Å². The average molecular weight is 348 g/mol. The van der Waals surface area contributed by atoms with Gasteiger partial charge in [-0.3, -0.25) is 9.59 Å². The number of hydrogen-bond donors (Lipinski definition) is 1. The number of carboxylic acids is 1. The molecule has 2 saturated heterocycles. The molecule has 2 aliphatic heterocycles. The van der Waals surface area contributed by atoms with Crippen molar-refractivity contribution in [3.8, 4) is 0 Å². The van der Waals surface area contributed by atoms with Crippen LogP contribution in [0.25, 0.3) is 0 Å². The topological polar surface area (TPSA) is 77.9 Å². The molecule has 24 heavy (non-hydrogen) atoms. The van der Waals surface area contributed by atoms with Crippen molar-refractivity contribution in [1.82, 2.24) is 4.90 Å². The number of amides is 2. The van der Waals surface area contributed by atoms with Crippen molar-refractivity contribution in [2.75, 3.05) is 24.2 Å². The fourth-order valence-electron chi connectivity index (χ4n) is 3.42. The summed E-state index contributed by atoms with van der Waals surface area (Å²) in [6, 6.07) is 6.91. The molecule has 2 fully saturated rings. The highest BCUT2D eigenvalue weighted by atomic mass is 32.2. The Bertz CT molecular complexity index is 678. The minimum atomic E-state index is -0.963. The van der Waals surface area contributed by atoms with Crippen molar-refractivity contribution < 1.29 is 19.5 Å². The molecule has 3 rings (SSSR count). The van der Waals surface area contributed by atoms with Gasteiger partial charge in [-0.25, -0.2) is 4.79 Å². The Hall–Kier alpha value is -2.02. The van der Waals surface area contributed by atoms with Crippen molar-refractivity contribution in [2.45, 2.75) is 30.2 Å². The van der Waals surface area contributed by atoms with Gasteiger partial charge in [-0.2, -0.15) is 0 Å². The van der Waals surface area contributed by atoms with E-state index in [9.17, 15) is 19.5 Å². The molecule has 2 atom stereocenters. The second kappa shape index (κ2) is 6.84. The third-order valence-corrected chi connectivity index (χ3v) is 5.39. The Labute approximate surface area is 144 Å². The first kappa shape index (κ1) is 16.8. The minimum Gasteiger partial charge on any atom is -0.480 e. The van der Waals surface area contributed by atoms with Gasteiger partial charge in [0.1, 0.15) is 6.04 Å². The third-order valence-electron chi connectivity index (χ3n) is 4.66. The van der Waals surface area contributed by atoms with Crippen LogP contribution in [-0.2, 0) is 14.4 Å². The predicted molar refractivity (Wildman–Crippen MR) is 91.1 cm³/mol. The van der Waals surface area contributed by atoms with E-state index in [0.29, 0.717) is 25.9 Å². The van der Waals surface area contributed by atoms with Crippen molar-refractivity contribution in [2.24, 2.45) is 5.92 Å². The number of likely N-dealkylation sites (tertiary alicyclic amines) is 1. The molecular formula is C17H20N2O4S. The fraction of sp³-hybridized carbons (Fsp3) is 0.471. The summed E-state index contributed by atoms with van der Waals surface area (Å²) in [6.45, 7) is 0.779. The number of carboxylic acid groups (broad SMARTS) is 1. The number of hydrogen-bond acceptors (Lipinski definition) is 4. The summed E-state index contributed by atoms with van der Waals surface area (Å²) in [4.78, 5) is 40.4. The van der Waals surface area contributed by atoms with Crippen LogP contribution < -0.4 is 4.90 Å². The van der Waals surface area contributed by atoms with E-state index in [2.05, 4.69) is 0 Å². The predicted octanol–water partition coefficient (Wildman–Crippen LogP) is 1.84. The number of benzene rings is 1. The van der Waals surface area contributed by atoms with Gasteiger partial charge in [0.25, 0.3) is 0 Å².